The summed E-state index contributed by atoms with van der Waals surface area (Å²) in [5, 5.41) is 13.7. The van der Waals surface area contributed by atoms with Gasteiger partial charge in [-0.25, -0.2) is 4.79 Å². The monoisotopic (exact) mass is 353 g/mol. The van der Waals surface area contributed by atoms with Crippen molar-refractivity contribution in [2.45, 2.75) is 69.7 Å². The van der Waals surface area contributed by atoms with Crippen molar-refractivity contribution in [3.8, 4) is 0 Å². The predicted molar refractivity (Wildman–Crippen MR) is 93.0 cm³/mol. The van der Waals surface area contributed by atoms with Crippen LogP contribution in [0.25, 0.3) is 0 Å². The fourth-order valence-electron chi connectivity index (χ4n) is 3.51. The highest BCUT2D eigenvalue weighted by molar-refractivity contribution is 7.09. The van der Waals surface area contributed by atoms with E-state index in [1.54, 1.807) is 11.7 Å². The number of nitrogens with one attached hydrogen (secondary N) is 1. The molecule has 0 unspecified atom stereocenters. The molecule has 2 N–H and O–H groups in total. The molecule has 3 rings (SSSR count). The van der Waals surface area contributed by atoms with Crippen LogP contribution in [0.1, 0.15) is 51.3 Å². The van der Waals surface area contributed by atoms with E-state index < -0.39 is 11.2 Å². The van der Waals surface area contributed by atoms with E-state index >= 15 is 0 Å². The number of likely N-dealkylation sites (tertiary alicyclic amines) is 1. The fraction of sp³-hybridized carbons (Fsp3) is 0.765. The first-order valence-corrected chi connectivity index (χ1v) is 9.48. The fourth-order valence-corrected chi connectivity index (χ4v) is 4.29. The number of thiazole rings is 1. The van der Waals surface area contributed by atoms with E-state index in [-0.39, 0.29) is 12.1 Å². The summed E-state index contributed by atoms with van der Waals surface area (Å²) in [6, 6.07) is 0.664. The van der Waals surface area contributed by atoms with Gasteiger partial charge in [0.1, 0.15) is 11.2 Å². The summed E-state index contributed by atoms with van der Waals surface area (Å²) in [4.78, 5) is 19.2. The van der Waals surface area contributed by atoms with Crippen LogP contribution in [0.5, 0.6) is 0 Å². The maximum atomic E-state index is 11.8. The van der Waals surface area contributed by atoms with Crippen molar-refractivity contribution in [1.82, 2.24) is 15.2 Å². The molecule has 1 aromatic rings. The second kappa shape index (κ2) is 6.61. The van der Waals surface area contributed by atoms with Crippen LogP contribution in [0.3, 0.4) is 0 Å². The van der Waals surface area contributed by atoms with Crippen LogP contribution < -0.4 is 5.32 Å². The lowest BCUT2D eigenvalue weighted by Gasteiger charge is -2.47. The molecule has 1 aliphatic heterocycles. The first-order valence-electron chi connectivity index (χ1n) is 8.60. The van der Waals surface area contributed by atoms with Crippen LogP contribution in [0.4, 0.5) is 4.79 Å². The predicted octanol–water partition coefficient (Wildman–Crippen LogP) is 2.48. The molecule has 2 fully saturated rings. The Morgan fingerprint density at radius 2 is 2.08 bits per heavy atom. The average Bonchev–Trinajstić information content (AvgIpc) is 2.97. The molecule has 6 nitrogen and oxygen atoms in total. The number of ether oxygens (including phenoxy) is 1. The van der Waals surface area contributed by atoms with Crippen molar-refractivity contribution < 1.29 is 14.6 Å². The third kappa shape index (κ3) is 4.07. The molecule has 1 aliphatic carbocycles. The first-order chi connectivity index (χ1) is 11.3. The summed E-state index contributed by atoms with van der Waals surface area (Å²) < 4.78 is 5.29. The van der Waals surface area contributed by atoms with Crippen molar-refractivity contribution >= 4 is 17.4 Å². The second-order valence-corrected chi connectivity index (χ2v) is 8.81. The molecule has 0 spiro atoms. The molecule has 1 saturated heterocycles. The summed E-state index contributed by atoms with van der Waals surface area (Å²) in [7, 11) is 0. The average molecular weight is 353 g/mol. The van der Waals surface area contributed by atoms with E-state index in [4.69, 9.17) is 4.74 Å². The standard InChI is InChI=1S/C17H27N3O3S/c1-16(2,3)23-15(21)19-12-9-20(10-12)13-4-6-17(22,7-5-13)14-8-18-11-24-14/h8,11-13,22H,4-7,9-10H2,1-3H3,(H,19,21)/t13-,17-. The molecule has 0 aromatic carbocycles. The minimum absolute atomic E-state index is 0.169. The zero-order valence-corrected chi connectivity index (χ0v) is 15.4. The molecule has 0 bridgehead atoms. The number of amides is 1. The van der Waals surface area contributed by atoms with Gasteiger partial charge in [-0.05, 0) is 46.5 Å². The maximum absolute atomic E-state index is 11.8. The molecule has 0 atom stereocenters. The van der Waals surface area contributed by atoms with Crippen molar-refractivity contribution in [1.29, 1.82) is 0 Å². The summed E-state index contributed by atoms with van der Waals surface area (Å²) in [6.07, 6.45) is 4.97. The molecule has 1 saturated carbocycles. The van der Waals surface area contributed by atoms with Crippen molar-refractivity contribution in [3.05, 3.63) is 16.6 Å². The van der Waals surface area contributed by atoms with Crippen molar-refractivity contribution in [3.63, 3.8) is 0 Å². The summed E-state index contributed by atoms with van der Waals surface area (Å²) in [6.45, 7) is 7.33. The number of alkyl carbamates (subject to hydrolysis) is 1. The highest BCUT2D eigenvalue weighted by Gasteiger charge is 2.41. The van der Waals surface area contributed by atoms with E-state index in [1.165, 1.54) is 11.3 Å². The zero-order valence-electron chi connectivity index (χ0n) is 14.6. The summed E-state index contributed by atoms with van der Waals surface area (Å²) in [5.74, 6) is 0. The van der Waals surface area contributed by atoms with E-state index in [0.717, 1.165) is 43.6 Å². The number of aliphatic hydroxyl groups is 1. The van der Waals surface area contributed by atoms with Gasteiger partial charge in [0.15, 0.2) is 0 Å². The topological polar surface area (TPSA) is 74.7 Å². The van der Waals surface area contributed by atoms with Gasteiger partial charge in [-0.2, -0.15) is 0 Å². The van der Waals surface area contributed by atoms with Crippen molar-refractivity contribution in [2.24, 2.45) is 0 Å². The van der Waals surface area contributed by atoms with Crippen LogP contribution in [0, 0.1) is 0 Å². The van der Waals surface area contributed by atoms with E-state index in [1.807, 2.05) is 20.8 Å². The molecule has 1 aromatic heterocycles. The lowest BCUT2D eigenvalue weighted by Crippen LogP contribution is -2.63. The Labute approximate surface area is 147 Å². The Morgan fingerprint density at radius 3 is 2.62 bits per heavy atom. The first kappa shape index (κ1) is 17.6. The number of hydrogen-bond donors (Lipinski definition) is 2. The Hall–Kier alpha value is -1.18. The van der Waals surface area contributed by atoms with Gasteiger partial charge in [0.2, 0.25) is 0 Å². The highest BCUT2D eigenvalue weighted by atomic mass is 32.1. The minimum atomic E-state index is -0.698. The van der Waals surface area contributed by atoms with Crippen molar-refractivity contribution in [2.75, 3.05) is 13.1 Å². The quantitative estimate of drug-likeness (QED) is 0.873. The Kier molecular flexibility index (Phi) is 4.86. The lowest BCUT2D eigenvalue weighted by molar-refractivity contribution is -0.0388. The van der Waals surface area contributed by atoms with Crippen LogP contribution in [-0.4, -0.2) is 51.9 Å². The maximum Gasteiger partial charge on any atom is 0.407 e. The summed E-state index contributed by atoms with van der Waals surface area (Å²) in [5.41, 5.74) is 0.621. The van der Waals surface area contributed by atoms with Gasteiger partial charge in [0.05, 0.1) is 16.4 Å². The molecule has 7 heteroatoms. The summed E-state index contributed by atoms with van der Waals surface area (Å²) >= 11 is 1.53. The molecule has 134 valence electrons. The smallest absolute Gasteiger partial charge is 0.407 e. The minimum Gasteiger partial charge on any atom is -0.444 e. The van der Waals surface area contributed by atoms with E-state index in [0.29, 0.717) is 6.04 Å². The second-order valence-electron chi connectivity index (χ2n) is 7.93. The third-order valence-electron chi connectivity index (χ3n) is 4.82. The van der Waals surface area contributed by atoms with Gasteiger partial charge in [-0.1, -0.05) is 0 Å². The number of carbonyl (C=O) groups excluding carboxylic acids is 1. The van der Waals surface area contributed by atoms with Gasteiger partial charge >= 0.3 is 6.09 Å². The number of nitrogens with zero attached hydrogens (tertiary/aromatic N) is 2. The van der Waals surface area contributed by atoms with Crippen LogP contribution in [0.15, 0.2) is 11.7 Å². The SMILES string of the molecule is CC(C)(C)OC(=O)NC1CN([C@H]2CC[C@@](O)(c3cncs3)CC2)C1. The van der Waals surface area contributed by atoms with Crippen LogP contribution in [0.2, 0.25) is 0 Å². The largest absolute Gasteiger partial charge is 0.444 e. The molecular formula is C17H27N3O3S. The number of carbonyl (C=O) groups is 1. The van der Waals surface area contributed by atoms with Gasteiger partial charge < -0.3 is 15.2 Å². The molecule has 1 amide bonds. The van der Waals surface area contributed by atoms with E-state index in [9.17, 15) is 9.90 Å². The molecule has 2 heterocycles. The normalized spacial score (nSPS) is 29.1. The Morgan fingerprint density at radius 1 is 1.42 bits per heavy atom. The number of hydrogen-bond acceptors (Lipinski definition) is 6. The zero-order chi connectivity index (χ0) is 17.4. The molecular weight excluding hydrogens is 326 g/mol. The Bertz CT molecular complexity index is 556. The molecule has 24 heavy (non-hydrogen) atoms. The van der Waals surface area contributed by atoms with E-state index in [2.05, 4.69) is 15.2 Å². The van der Waals surface area contributed by atoms with Gasteiger partial charge in [0.25, 0.3) is 0 Å². The van der Waals surface area contributed by atoms with Crippen LogP contribution in [-0.2, 0) is 10.3 Å². The van der Waals surface area contributed by atoms with Crippen LogP contribution >= 0.6 is 11.3 Å². The highest BCUT2D eigenvalue weighted by Crippen LogP contribution is 2.40. The molecule has 2 aliphatic rings. The van der Waals surface area contributed by atoms with Gasteiger partial charge in [-0.15, -0.1) is 11.3 Å². The molecule has 0 radical (unpaired) electrons. The number of rotatable bonds is 3. The van der Waals surface area contributed by atoms with Gasteiger partial charge in [-0.3, -0.25) is 9.88 Å². The van der Waals surface area contributed by atoms with Gasteiger partial charge in [0, 0.05) is 25.3 Å². The Balaban J connectivity index is 1.41. The third-order valence-corrected chi connectivity index (χ3v) is 5.79. The number of aromatic nitrogens is 1. The lowest BCUT2D eigenvalue weighted by atomic mass is 9.80.